The van der Waals surface area contributed by atoms with Gasteiger partial charge in [-0.1, -0.05) is 20.8 Å². The van der Waals surface area contributed by atoms with E-state index < -0.39 is 0 Å². The fraction of sp³-hybridized carbons (Fsp3) is 0.909. The van der Waals surface area contributed by atoms with Crippen molar-refractivity contribution < 1.29 is 4.79 Å². The van der Waals surface area contributed by atoms with Crippen LogP contribution in [-0.4, -0.2) is 11.9 Å². The van der Waals surface area contributed by atoms with Gasteiger partial charge in [-0.3, -0.25) is 4.79 Å². The first kappa shape index (κ1) is 10.6. The molecule has 1 aliphatic carbocycles. The molecule has 1 N–H and O–H groups in total. The van der Waals surface area contributed by atoms with Gasteiger partial charge in [0, 0.05) is 12.5 Å². The Kier molecular flexibility index (Phi) is 3.76. The highest BCUT2D eigenvalue weighted by atomic mass is 16.1. The van der Waals surface area contributed by atoms with E-state index in [1.807, 2.05) is 6.92 Å². The summed E-state index contributed by atoms with van der Waals surface area (Å²) in [6, 6.07) is 0.439. The number of rotatable bonds is 3. The van der Waals surface area contributed by atoms with Gasteiger partial charge in [0.25, 0.3) is 0 Å². The number of carbonyl (C=O) groups excluding carboxylic acids is 1. The molecule has 0 bridgehead atoms. The Balaban J connectivity index is 2.33. The molecule has 0 aliphatic heterocycles. The van der Waals surface area contributed by atoms with Crippen LogP contribution in [0.1, 0.15) is 46.5 Å². The lowest BCUT2D eigenvalue weighted by atomic mass is 9.98. The highest BCUT2D eigenvalue weighted by molar-refractivity contribution is 5.76. The lowest BCUT2D eigenvalue weighted by molar-refractivity contribution is -0.122. The second kappa shape index (κ2) is 4.64. The van der Waals surface area contributed by atoms with Gasteiger partial charge in [-0.2, -0.15) is 0 Å². The van der Waals surface area contributed by atoms with E-state index in [2.05, 4.69) is 19.2 Å². The molecule has 2 heteroatoms. The van der Waals surface area contributed by atoms with Crippen LogP contribution in [0, 0.1) is 11.8 Å². The molecular weight excluding hydrogens is 162 g/mol. The third-order valence-electron chi connectivity index (χ3n) is 3.29. The Bertz CT molecular complexity index is 179. The van der Waals surface area contributed by atoms with Crippen molar-refractivity contribution >= 4 is 5.91 Å². The summed E-state index contributed by atoms with van der Waals surface area (Å²) in [5, 5.41) is 3.12. The summed E-state index contributed by atoms with van der Waals surface area (Å²) >= 11 is 0. The van der Waals surface area contributed by atoms with Gasteiger partial charge in [0.2, 0.25) is 5.91 Å². The smallest absolute Gasteiger partial charge is 0.220 e. The second-order valence-electron chi connectivity index (χ2n) is 4.34. The summed E-state index contributed by atoms with van der Waals surface area (Å²) in [5.41, 5.74) is 0. The minimum atomic E-state index is 0.230. The maximum absolute atomic E-state index is 11.3. The zero-order valence-corrected chi connectivity index (χ0v) is 8.97. The lowest BCUT2D eigenvalue weighted by Gasteiger charge is -2.19. The maximum atomic E-state index is 11.3. The summed E-state index contributed by atoms with van der Waals surface area (Å²) in [7, 11) is 0. The molecular formula is C11H21NO. The van der Waals surface area contributed by atoms with E-state index in [0.29, 0.717) is 18.4 Å². The first-order chi connectivity index (χ1) is 6.15. The molecule has 0 aromatic heterocycles. The number of amides is 1. The fourth-order valence-corrected chi connectivity index (χ4v) is 2.07. The molecule has 0 aromatic rings. The van der Waals surface area contributed by atoms with E-state index in [9.17, 15) is 4.79 Å². The van der Waals surface area contributed by atoms with Crippen LogP contribution in [0.2, 0.25) is 0 Å². The van der Waals surface area contributed by atoms with E-state index in [4.69, 9.17) is 0 Å². The minimum absolute atomic E-state index is 0.230. The van der Waals surface area contributed by atoms with Crippen molar-refractivity contribution in [2.75, 3.05) is 0 Å². The van der Waals surface area contributed by atoms with Crippen LogP contribution in [0.3, 0.4) is 0 Å². The molecule has 1 amide bonds. The Hall–Kier alpha value is -0.530. The molecule has 0 heterocycles. The van der Waals surface area contributed by atoms with Crippen LogP contribution in [0.25, 0.3) is 0 Å². The predicted octanol–water partition coefficient (Wildman–Crippen LogP) is 2.34. The number of hydrogen-bond acceptors (Lipinski definition) is 1. The Morgan fingerprint density at radius 1 is 1.38 bits per heavy atom. The topological polar surface area (TPSA) is 29.1 Å². The molecule has 2 nitrogen and oxygen atoms in total. The van der Waals surface area contributed by atoms with Crippen LogP contribution < -0.4 is 5.32 Å². The molecule has 0 radical (unpaired) electrons. The van der Waals surface area contributed by atoms with Gasteiger partial charge in [-0.25, -0.2) is 0 Å². The van der Waals surface area contributed by atoms with E-state index >= 15 is 0 Å². The van der Waals surface area contributed by atoms with Crippen molar-refractivity contribution in [2.45, 2.75) is 52.5 Å². The van der Waals surface area contributed by atoms with Gasteiger partial charge >= 0.3 is 0 Å². The Labute approximate surface area is 81.1 Å². The number of nitrogens with one attached hydrogen (secondary N) is 1. The first-order valence-corrected chi connectivity index (χ1v) is 5.44. The van der Waals surface area contributed by atoms with Crippen molar-refractivity contribution in [3.63, 3.8) is 0 Å². The molecule has 1 aliphatic rings. The average molecular weight is 183 g/mol. The highest BCUT2D eigenvalue weighted by Gasteiger charge is 2.30. The molecule has 1 fully saturated rings. The molecule has 3 unspecified atom stereocenters. The standard InChI is InChI=1S/C11H21NO/c1-4-5-11(13)12-10-7-6-8(2)9(10)3/h8-10H,4-7H2,1-3H3,(H,12,13). The molecule has 3 atom stereocenters. The molecule has 76 valence electrons. The minimum Gasteiger partial charge on any atom is -0.353 e. The summed E-state index contributed by atoms with van der Waals surface area (Å²) < 4.78 is 0. The Morgan fingerprint density at radius 2 is 2.08 bits per heavy atom. The van der Waals surface area contributed by atoms with E-state index in [-0.39, 0.29) is 5.91 Å². The third kappa shape index (κ3) is 2.71. The summed E-state index contributed by atoms with van der Waals surface area (Å²) in [6.07, 6.45) is 4.05. The van der Waals surface area contributed by atoms with Crippen LogP contribution in [0.15, 0.2) is 0 Å². The van der Waals surface area contributed by atoms with Gasteiger partial charge in [-0.15, -0.1) is 0 Å². The van der Waals surface area contributed by atoms with Crippen molar-refractivity contribution in [3.8, 4) is 0 Å². The van der Waals surface area contributed by atoms with E-state index in [1.54, 1.807) is 0 Å². The maximum Gasteiger partial charge on any atom is 0.220 e. The van der Waals surface area contributed by atoms with Crippen LogP contribution in [-0.2, 0) is 4.79 Å². The average Bonchev–Trinajstić information content (AvgIpc) is 2.37. The molecule has 13 heavy (non-hydrogen) atoms. The largest absolute Gasteiger partial charge is 0.353 e. The van der Waals surface area contributed by atoms with Gasteiger partial charge in [0.05, 0.1) is 0 Å². The van der Waals surface area contributed by atoms with Crippen LogP contribution >= 0.6 is 0 Å². The van der Waals surface area contributed by atoms with E-state index in [1.165, 1.54) is 6.42 Å². The summed E-state index contributed by atoms with van der Waals surface area (Å²) in [4.78, 5) is 11.3. The van der Waals surface area contributed by atoms with Gasteiger partial charge in [0.1, 0.15) is 0 Å². The quantitative estimate of drug-likeness (QED) is 0.715. The molecule has 0 saturated heterocycles. The van der Waals surface area contributed by atoms with Crippen molar-refractivity contribution in [1.82, 2.24) is 5.32 Å². The Morgan fingerprint density at radius 3 is 2.54 bits per heavy atom. The monoisotopic (exact) mass is 183 g/mol. The summed E-state index contributed by atoms with van der Waals surface area (Å²) in [6.45, 7) is 6.56. The second-order valence-corrected chi connectivity index (χ2v) is 4.34. The normalized spacial score (nSPS) is 33.3. The van der Waals surface area contributed by atoms with Crippen LogP contribution in [0.4, 0.5) is 0 Å². The predicted molar refractivity (Wildman–Crippen MR) is 54.4 cm³/mol. The third-order valence-corrected chi connectivity index (χ3v) is 3.29. The first-order valence-electron chi connectivity index (χ1n) is 5.44. The highest BCUT2D eigenvalue weighted by Crippen LogP contribution is 2.30. The zero-order valence-electron chi connectivity index (χ0n) is 8.97. The summed E-state index contributed by atoms with van der Waals surface area (Å²) in [5.74, 6) is 1.65. The fourth-order valence-electron chi connectivity index (χ4n) is 2.07. The SMILES string of the molecule is CCCC(=O)NC1CCC(C)C1C. The molecule has 1 rings (SSSR count). The van der Waals surface area contributed by atoms with Crippen molar-refractivity contribution in [3.05, 3.63) is 0 Å². The molecule has 1 saturated carbocycles. The van der Waals surface area contributed by atoms with Gasteiger partial charge in [0.15, 0.2) is 0 Å². The zero-order chi connectivity index (χ0) is 9.84. The molecule has 0 aromatic carbocycles. The van der Waals surface area contributed by atoms with Gasteiger partial charge < -0.3 is 5.32 Å². The van der Waals surface area contributed by atoms with Crippen molar-refractivity contribution in [2.24, 2.45) is 11.8 Å². The number of hydrogen-bond donors (Lipinski definition) is 1. The lowest BCUT2D eigenvalue weighted by Crippen LogP contribution is -2.37. The van der Waals surface area contributed by atoms with Crippen LogP contribution in [0.5, 0.6) is 0 Å². The molecule has 0 spiro atoms. The number of carbonyl (C=O) groups is 1. The van der Waals surface area contributed by atoms with Crippen molar-refractivity contribution in [1.29, 1.82) is 0 Å². The van der Waals surface area contributed by atoms with E-state index in [0.717, 1.165) is 18.8 Å². The van der Waals surface area contributed by atoms with Gasteiger partial charge in [-0.05, 0) is 31.1 Å².